The van der Waals surface area contributed by atoms with Gasteiger partial charge in [-0.1, -0.05) is 6.07 Å². The Morgan fingerprint density at radius 2 is 2.04 bits per heavy atom. The van der Waals surface area contributed by atoms with Crippen LogP contribution in [0.3, 0.4) is 0 Å². The Hall–Kier alpha value is -2.93. The van der Waals surface area contributed by atoms with Gasteiger partial charge in [0.2, 0.25) is 0 Å². The van der Waals surface area contributed by atoms with Gasteiger partial charge >= 0.3 is 5.97 Å². The lowest BCUT2D eigenvalue weighted by atomic mass is 10.0. The Balaban J connectivity index is 1.71. The molecule has 1 fully saturated rings. The van der Waals surface area contributed by atoms with Crippen molar-refractivity contribution in [1.29, 1.82) is 0 Å². The number of aromatic carboxylic acids is 1. The fourth-order valence-electron chi connectivity index (χ4n) is 3.17. The van der Waals surface area contributed by atoms with Crippen molar-refractivity contribution >= 4 is 22.7 Å². The van der Waals surface area contributed by atoms with Gasteiger partial charge in [-0.2, -0.15) is 5.10 Å². The fraction of sp³-hybridized carbons (Fsp3) is 0.278. The fourth-order valence-corrected chi connectivity index (χ4v) is 3.17. The molecule has 0 unspecified atom stereocenters. The average Bonchev–Trinajstić information content (AvgIpc) is 3.06. The zero-order chi connectivity index (χ0) is 17.4. The lowest BCUT2D eigenvalue weighted by molar-refractivity contribution is 0.0664. The van der Waals surface area contributed by atoms with E-state index in [4.69, 9.17) is 10.5 Å². The number of anilines is 1. The zero-order valence-corrected chi connectivity index (χ0v) is 13.6. The van der Waals surface area contributed by atoms with Gasteiger partial charge in [-0.05, 0) is 36.6 Å². The number of nitrogens with zero attached hydrogens (tertiary/aromatic N) is 3. The van der Waals surface area contributed by atoms with Crippen LogP contribution in [-0.4, -0.2) is 39.1 Å². The molecule has 0 amide bonds. The number of aromatic nitrogens is 3. The van der Waals surface area contributed by atoms with Crippen LogP contribution in [-0.2, 0) is 4.74 Å². The van der Waals surface area contributed by atoms with E-state index in [2.05, 4.69) is 10.1 Å². The predicted molar refractivity (Wildman–Crippen MR) is 93.4 cm³/mol. The maximum absolute atomic E-state index is 11.3. The third-order valence-corrected chi connectivity index (χ3v) is 4.57. The Kier molecular flexibility index (Phi) is 3.85. The molecule has 1 aliphatic rings. The van der Waals surface area contributed by atoms with Gasteiger partial charge in [-0.25, -0.2) is 9.78 Å². The Morgan fingerprint density at radius 1 is 1.24 bits per heavy atom. The Labute approximate surface area is 144 Å². The smallest absolute Gasteiger partial charge is 0.339 e. The maximum Gasteiger partial charge on any atom is 0.339 e. The second-order valence-corrected chi connectivity index (χ2v) is 6.19. The molecule has 0 atom stereocenters. The summed E-state index contributed by atoms with van der Waals surface area (Å²) in [5, 5.41) is 14.9. The molecule has 1 aromatic carbocycles. The van der Waals surface area contributed by atoms with E-state index in [9.17, 15) is 9.90 Å². The van der Waals surface area contributed by atoms with Crippen molar-refractivity contribution in [3.05, 3.63) is 42.2 Å². The van der Waals surface area contributed by atoms with Crippen LogP contribution >= 0.6 is 0 Å². The topological polar surface area (TPSA) is 103 Å². The van der Waals surface area contributed by atoms with Gasteiger partial charge in [0.1, 0.15) is 11.4 Å². The summed E-state index contributed by atoms with van der Waals surface area (Å²) in [5.41, 5.74) is 8.15. The number of nitrogens with two attached hydrogens (primary N) is 1. The molecule has 4 rings (SSSR count). The van der Waals surface area contributed by atoms with Crippen LogP contribution in [0.15, 0.2) is 36.7 Å². The monoisotopic (exact) mass is 338 g/mol. The standard InChI is InChI=1S/C18H18N4O3/c19-17-15(18(23)24)8-12(9-20-17)11-1-2-16-13(7-11)10-22(21-16)14-3-5-25-6-4-14/h1-2,7-10,14H,3-6H2,(H2,19,20)(H,23,24). The van der Waals surface area contributed by atoms with E-state index in [-0.39, 0.29) is 11.4 Å². The molecule has 1 aliphatic heterocycles. The summed E-state index contributed by atoms with van der Waals surface area (Å²) < 4.78 is 7.42. The Morgan fingerprint density at radius 3 is 2.80 bits per heavy atom. The largest absolute Gasteiger partial charge is 0.478 e. The van der Waals surface area contributed by atoms with E-state index in [0.717, 1.165) is 42.5 Å². The van der Waals surface area contributed by atoms with Crippen LogP contribution in [0, 0.1) is 0 Å². The highest BCUT2D eigenvalue weighted by Crippen LogP contribution is 2.28. The number of rotatable bonds is 3. The highest BCUT2D eigenvalue weighted by Gasteiger charge is 2.17. The predicted octanol–water partition coefficient (Wildman–Crippen LogP) is 2.73. The van der Waals surface area contributed by atoms with Crippen LogP contribution < -0.4 is 5.73 Å². The molecule has 3 heterocycles. The number of nitrogen functional groups attached to an aromatic ring is 1. The minimum atomic E-state index is -1.08. The van der Waals surface area contributed by atoms with Crippen molar-refractivity contribution in [2.45, 2.75) is 18.9 Å². The first-order valence-corrected chi connectivity index (χ1v) is 8.17. The van der Waals surface area contributed by atoms with E-state index in [1.807, 2.05) is 29.1 Å². The first-order valence-electron chi connectivity index (χ1n) is 8.17. The van der Waals surface area contributed by atoms with Gasteiger partial charge in [0.05, 0.1) is 11.6 Å². The van der Waals surface area contributed by atoms with E-state index in [1.54, 1.807) is 12.3 Å². The molecule has 128 valence electrons. The molecule has 7 nitrogen and oxygen atoms in total. The van der Waals surface area contributed by atoms with Gasteiger partial charge in [0.15, 0.2) is 0 Å². The summed E-state index contributed by atoms with van der Waals surface area (Å²) >= 11 is 0. The van der Waals surface area contributed by atoms with Crippen molar-refractivity contribution in [3.63, 3.8) is 0 Å². The van der Waals surface area contributed by atoms with Gasteiger partial charge in [0.25, 0.3) is 0 Å². The molecule has 0 aliphatic carbocycles. The van der Waals surface area contributed by atoms with Crippen LogP contribution in [0.4, 0.5) is 5.82 Å². The van der Waals surface area contributed by atoms with Gasteiger partial charge in [-0.3, -0.25) is 4.68 Å². The number of ether oxygens (including phenoxy) is 1. The van der Waals surface area contributed by atoms with E-state index < -0.39 is 5.97 Å². The average molecular weight is 338 g/mol. The van der Waals surface area contributed by atoms with Crippen LogP contribution in [0.25, 0.3) is 22.0 Å². The molecule has 1 saturated heterocycles. The maximum atomic E-state index is 11.3. The van der Waals surface area contributed by atoms with Crippen LogP contribution in [0.1, 0.15) is 29.2 Å². The first kappa shape index (κ1) is 15.6. The second-order valence-electron chi connectivity index (χ2n) is 6.19. The second kappa shape index (κ2) is 6.18. The highest BCUT2D eigenvalue weighted by molar-refractivity contribution is 5.94. The minimum Gasteiger partial charge on any atom is -0.478 e. The number of pyridine rings is 1. The van der Waals surface area contributed by atoms with Crippen molar-refractivity contribution in [1.82, 2.24) is 14.8 Å². The summed E-state index contributed by atoms with van der Waals surface area (Å²) in [4.78, 5) is 15.3. The molecule has 7 heteroatoms. The van der Waals surface area contributed by atoms with E-state index >= 15 is 0 Å². The van der Waals surface area contributed by atoms with Crippen LogP contribution in [0.2, 0.25) is 0 Å². The van der Waals surface area contributed by atoms with Gasteiger partial charge in [-0.15, -0.1) is 0 Å². The molecule has 3 N–H and O–H groups in total. The molecular weight excluding hydrogens is 320 g/mol. The lowest BCUT2D eigenvalue weighted by Crippen LogP contribution is -2.19. The molecule has 25 heavy (non-hydrogen) atoms. The van der Waals surface area contributed by atoms with Gasteiger partial charge in [0, 0.05) is 36.6 Å². The number of hydrogen-bond donors (Lipinski definition) is 2. The molecule has 3 aromatic rings. The molecule has 0 radical (unpaired) electrons. The number of hydrogen-bond acceptors (Lipinski definition) is 5. The van der Waals surface area contributed by atoms with Crippen molar-refractivity contribution in [2.75, 3.05) is 18.9 Å². The van der Waals surface area contributed by atoms with Crippen molar-refractivity contribution < 1.29 is 14.6 Å². The summed E-state index contributed by atoms with van der Waals surface area (Å²) in [5.74, 6) is -1.06. The normalized spacial score (nSPS) is 15.5. The summed E-state index contributed by atoms with van der Waals surface area (Å²) in [6.07, 6.45) is 5.55. The summed E-state index contributed by atoms with van der Waals surface area (Å²) in [7, 11) is 0. The number of fused-ring (bicyclic) bond motifs is 1. The summed E-state index contributed by atoms with van der Waals surface area (Å²) in [6, 6.07) is 7.77. The van der Waals surface area contributed by atoms with E-state index in [0.29, 0.717) is 11.6 Å². The van der Waals surface area contributed by atoms with E-state index in [1.165, 1.54) is 0 Å². The molecule has 0 saturated carbocycles. The highest BCUT2D eigenvalue weighted by atomic mass is 16.5. The van der Waals surface area contributed by atoms with Gasteiger partial charge < -0.3 is 15.6 Å². The molecule has 2 aromatic heterocycles. The number of carbonyl (C=O) groups is 1. The molecular formula is C18H18N4O3. The third kappa shape index (κ3) is 2.94. The number of carboxylic acid groups (broad SMARTS) is 1. The SMILES string of the molecule is Nc1ncc(-c2ccc3nn(C4CCOCC4)cc3c2)cc1C(=O)O. The van der Waals surface area contributed by atoms with Crippen molar-refractivity contribution in [3.8, 4) is 11.1 Å². The lowest BCUT2D eigenvalue weighted by Gasteiger charge is -2.22. The van der Waals surface area contributed by atoms with Crippen LogP contribution in [0.5, 0.6) is 0 Å². The quantitative estimate of drug-likeness (QED) is 0.761. The minimum absolute atomic E-state index is 0.00972. The molecule has 0 bridgehead atoms. The Bertz CT molecular complexity index is 945. The third-order valence-electron chi connectivity index (χ3n) is 4.57. The zero-order valence-electron chi connectivity index (χ0n) is 13.6. The first-order chi connectivity index (χ1) is 12.1. The number of benzene rings is 1. The van der Waals surface area contributed by atoms with Crippen molar-refractivity contribution in [2.24, 2.45) is 0 Å². The number of carboxylic acids is 1. The summed E-state index contributed by atoms with van der Waals surface area (Å²) in [6.45, 7) is 1.53. The molecule has 0 spiro atoms.